The first kappa shape index (κ1) is 27.2. The SMILES string of the molecule is CCOC(=O)[C@H]1[C@H]2C(=O)N(CCCCCCO)C(C(=O)NCCN3CCOCC3)C23CC(Br)[C@@H]1S3. The van der Waals surface area contributed by atoms with Crippen molar-refractivity contribution in [3.63, 3.8) is 0 Å². The van der Waals surface area contributed by atoms with Gasteiger partial charge in [-0.25, -0.2) is 0 Å². The Morgan fingerprint density at radius 2 is 1.97 bits per heavy atom. The molecule has 1 spiro atoms. The molecule has 3 unspecified atom stereocenters. The fourth-order valence-electron chi connectivity index (χ4n) is 6.18. The number of aliphatic hydroxyl groups is 1. The maximum absolute atomic E-state index is 13.8. The average molecular weight is 577 g/mol. The summed E-state index contributed by atoms with van der Waals surface area (Å²) < 4.78 is 10.2. The van der Waals surface area contributed by atoms with Crippen molar-refractivity contribution in [2.75, 3.05) is 59.2 Å². The second-order valence-electron chi connectivity index (χ2n) is 9.83. The van der Waals surface area contributed by atoms with E-state index in [1.54, 1.807) is 23.6 Å². The number of nitrogens with one attached hydrogen (secondary N) is 1. The molecule has 4 heterocycles. The Hall–Kier alpha value is -0.880. The lowest BCUT2D eigenvalue weighted by Gasteiger charge is -2.35. The molecule has 4 rings (SSSR count). The molecule has 4 fully saturated rings. The molecule has 2 N–H and O–H groups in total. The lowest BCUT2D eigenvalue weighted by Crippen LogP contribution is -2.55. The summed E-state index contributed by atoms with van der Waals surface area (Å²) in [6.45, 7) is 7.08. The lowest BCUT2D eigenvalue weighted by molar-refractivity contribution is -0.153. The Morgan fingerprint density at radius 1 is 1.23 bits per heavy atom. The van der Waals surface area contributed by atoms with E-state index in [9.17, 15) is 14.4 Å². The normalized spacial score (nSPS) is 34.3. The zero-order valence-corrected chi connectivity index (χ0v) is 22.9. The van der Waals surface area contributed by atoms with Crippen molar-refractivity contribution in [1.29, 1.82) is 0 Å². The van der Waals surface area contributed by atoms with E-state index in [1.807, 2.05) is 0 Å². The highest BCUT2D eigenvalue weighted by Crippen LogP contribution is 2.67. The molecule has 0 saturated carbocycles. The molecular formula is C24H38BrN3O6S. The zero-order chi connectivity index (χ0) is 25.0. The van der Waals surface area contributed by atoms with Crippen molar-refractivity contribution >= 4 is 45.5 Å². The van der Waals surface area contributed by atoms with Crippen LogP contribution >= 0.6 is 27.7 Å². The lowest BCUT2D eigenvalue weighted by atomic mass is 9.71. The Labute approximate surface area is 220 Å². The number of halogens is 1. The van der Waals surface area contributed by atoms with Crippen LogP contribution in [0.25, 0.3) is 0 Å². The van der Waals surface area contributed by atoms with Crippen molar-refractivity contribution < 1.29 is 29.0 Å². The minimum atomic E-state index is -0.624. The zero-order valence-electron chi connectivity index (χ0n) is 20.5. The Bertz CT molecular complexity index is 784. The molecule has 0 radical (unpaired) electrons. The van der Waals surface area contributed by atoms with Crippen LogP contribution in [0.1, 0.15) is 39.0 Å². The summed E-state index contributed by atoms with van der Waals surface area (Å²) in [6.07, 6.45) is 3.94. The van der Waals surface area contributed by atoms with Crippen molar-refractivity contribution in [2.24, 2.45) is 11.8 Å². The largest absolute Gasteiger partial charge is 0.466 e. The van der Waals surface area contributed by atoms with Crippen LogP contribution in [0.4, 0.5) is 0 Å². The number of carbonyl (C=O) groups is 3. The Morgan fingerprint density at radius 3 is 2.69 bits per heavy atom. The average Bonchev–Trinajstić information content (AvgIpc) is 3.43. The van der Waals surface area contributed by atoms with Crippen LogP contribution in [0, 0.1) is 11.8 Å². The topological polar surface area (TPSA) is 108 Å². The number of carbonyl (C=O) groups excluding carboxylic acids is 3. The minimum Gasteiger partial charge on any atom is -0.466 e. The third-order valence-electron chi connectivity index (χ3n) is 7.73. The van der Waals surface area contributed by atoms with E-state index < -0.39 is 22.6 Å². The van der Waals surface area contributed by atoms with E-state index in [0.717, 1.165) is 45.3 Å². The molecule has 4 aliphatic rings. The molecule has 0 aromatic carbocycles. The summed E-state index contributed by atoms with van der Waals surface area (Å²) in [4.78, 5) is 44.5. The van der Waals surface area contributed by atoms with Gasteiger partial charge in [-0.2, -0.15) is 0 Å². The standard InChI is InChI=1S/C24H38BrN3O6S/c1-2-34-23(32)17-18-22(31)28(8-5-3-4-6-12-29)20(24(18)15-16(25)19(17)35-24)21(30)26-7-9-27-10-13-33-14-11-27/h16-20,29H,2-15H2,1H3,(H,26,30)/t16?,17-,18-,19-,20?,24?/m0/s1. The summed E-state index contributed by atoms with van der Waals surface area (Å²) in [5.41, 5.74) is 0. The smallest absolute Gasteiger partial charge is 0.310 e. The van der Waals surface area contributed by atoms with E-state index in [1.165, 1.54) is 0 Å². The van der Waals surface area contributed by atoms with E-state index >= 15 is 0 Å². The summed E-state index contributed by atoms with van der Waals surface area (Å²) in [7, 11) is 0. The van der Waals surface area contributed by atoms with Gasteiger partial charge in [0.2, 0.25) is 11.8 Å². The second-order valence-corrected chi connectivity index (χ2v) is 12.5. The number of hydrogen-bond donors (Lipinski definition) is 2. The van der Waals surface area contributed by atoms with Crippen molar-refractivity contribution in [3.8, 4) is 0 Å². The number of rotatable bonds is 12. The van der Waals surface area contributed by atoms with Gasteiger partial charge in [0, 0.05) is 49.4 Å². The molecule has 0 aliphatic carbocycles. The Balaban J connectivity index is 1.51. The third-order valence-corrected chi connectivity index (χ3v) is 11.0. The first-order valence-electron chi connectivity index (χ1n) is 12.9. The number of esters is 1. The van der Waals surface area contributed by atoms with Crippen molar-refractivity contribution in [2.45, 2.75) is 59.9 Å². The number of hydrogen-bond acceptors (Lipinski definition) is 8. The molecule has 2 bridgehead atoms. The molecule has 2 amide bonds. The summed E-state index contributed by atoms with van der Waals surface area (Å²) in [5, 5.41) is 12.1. The van der Waals surface area contributed by atoms with Gasteiger partial charge in [0.1, 0.15) is 6.04 Å². The molecule has 0 aromatic heterocycles. The minimum absolute atomic E-state index is 0.0547. The number of alkyl halides is 1. The van der Waals surface area contributed by atoms with Crippen LogP contribution in [0.3, 0.4) is 0 Å². The summed E-state index contributed by atoms with van der Waals surface area (Å²) >= 11 is 5.40. The molecule has 11 heteroatoms. The van der Waals surface area contributed by atoms with E-state index in [2.05, 4.69) is 26.1 Å². The summed E-state index contributed by atoms with van der Waals surface area (Å²) in [6, 6.07) is -0.600. The fraction of sp³-hybridized carbons (Fsp3) is 0.875. The Kier molecular flexibility index (Phi) is 9.40. The number of morpholine rings is 1. The number of thioether (sulfide) groups is 1. The van der Waals surface area contributed by atoms with Gasteiger partial charge in [-0.1, -0.05) is 28.8 Å². The van der Waals surface area contributed by atoms with Gasteiger partial charge in [0.25, 0.3) is 0 Å². The number of amides is 2. The maximum atomic E-state index is 13.8. The van der Waals surface area contributed by atoms with E-state index in [4.69, 9.17) is 14.6 Å². The van der Waals surface area contributed by atoms with Crippen LogP contribution in [0.2, 0.25) is 0 Å². The van der Waals surface area contributed by atoms with Crippen LogP contribution in [-0.2, 0) is 23.9 Å². The van der Waals surface area contributed by atoms with Gasteiger partial charge in [-0.15, -0.1) is 11.8 Å². The number of likely N-dealkylation sites (tertiary alicyclic amines) is 1. The predicted molar refractivity (Wildman–Crippen MR) is 136 cm³/mol. The molecule has 198 valence electrons. The molecule has 35 heavy (non-hydrogen) atoms. The van der Waals surface area contributed by atoms with Crippen molar-refractivity contribution in [3.05, 3.63) is 0 Å². The molecular weight excluding hydrogens is 538 g/mol. The molecule has 0 aromatic rings. The number of unbranched alkanes of at least 4 members (excludes halogenated alkanes) is 3. The molecule has 4 aliphatic heterocycles. The number of aliphatic hydroxyl groups excluding tert-OH is 1. The highest BCUT2D eigenvalue weighted by Gasteiger charge is 2.75. The van der Waals surface area contributed by atoms with E-state index in [0.29, 0.717) is 32.7 Å². The van der Waals surface area contributed by atoms with Gasteiger partial charge >= 0.3 is 5.97 Å². The second kappa shape index (κ2) is 12.1. The van der Waals surface area contributed by atoms with Crippen LogP contribution in [0.5, 0.6) is 0 Å². The van der Waals surface area contributed by atoms with Gasteiger partial charge < -0.3 is 24.8 Å². The molecule has 6 atom stereocenters. The third kappa shape index (κ3) is 5.39. The first-order valence-corrected chi connectivity index (χ1v) is 14.7. The monoisotopic (exact) mass is 575 g/mol. The maximum Gasteiger partial charge on any atom is 0.310 e. The number of nitrogens with zero attached hydrogens (tertiary/aromatic N) is 2. The summed E-state index contributed by atoms with van der Waals surface area (Å²) in [5.74, 6) is -1.60. The number of fused-ring (bicyclic) bond motifs is 1. The van der Waals surface area contributed by atoms with Gasteiger partial charge in [0.15, 0.2) is 0 Å². The predicted octanol–water partition coefficient (Wildman–Crippen LogP) is 1.02. The molecule has 4 saturated heterocycles. The number of ether oxygens (including phenoxy) is 2. The molecule has 9 nitrogen and oxygen atoms in total. The highest BCUT2D eigenvalue weighted by molar-refractivity contribution is 9.09. The van der Waals surface area contributed by atoms with Crippen LogP contribution in [0.15, 0.2) is 0 Å². The van der Waals surface area contributed by atoms with E-state index in [-0.39, 0.29) is 41.1 Å². The van der Waals surface area contributed by atoms with Crippen LogP contribution < -0.4 is 5.32 Å². The highest BCUT2D eigenvalue weighted by atomic mass is 79.9. The van der Waals surface area contributed by atoms with Crippen LogP contribution in [-0.4, -0.2) is 113 Å². The van der Waals surface area contributed by atoms with Gasteiger partial charge in [0.05, 0.1) is 36.4 Å². The van der Waals surface area contributed by atoms with Gasteiger partial charge in [-0.05, 0) is 26.2 Å². The van der Waals surface area contributed by atoms with Gasteiger partial charge in [-0.3, -0.25) is 19.3 Å². The first-order chi connectivity index (χ1) is 16.9. The fourth-order valence-corrected chi connectivity index (χ4v) is 9.79. The van der Waals surface area contributed by atoms with Crippen molar-refractivity contribution in [1.82, 2.24) is 15.1 Å². The quantitative estimate of drug-likeness (QED) is 0.202.